The predicted molar refractivity (Wildman–Crippen MR) is 100.0 cm³/mol. The lowest BCUT2D eigenvalue weighted by Gasteiger charge is -2.44. The van der Waals surface area contributed by atoms with Crippen LogP contribution in [0.3, 0.4) is 0 Å². The molecule has 3 rings (SSSR count). The van der Waals surface area contributed by atoms with Crippen LogP contribution in [0.5, 0.6) is 0 Å². The van der Waals surface area contributed by atoms with Crippen molar-refractivity contribution in [2.24, 2.45) is 0 Å². The molecule has 0 amide bonds. The molecule has 0 spiro atoms. The molecule has 0 radical (unpaired) electrons. The van der Waals surface area contributed by atoms with E-state index in [1.54, 1.807) is 28.6 Å². The third-order valence-electron chi connectivity index (χ3n) is 4.41. The second-order valence-corrected chi connectivity index (χ2v) is 9.27. The van der Waals surface area contributed by atoms with E-state index in [9.17, 15) is 8.42 Å². The van der Waals surface area contributed by atoms with Crippen molar-refractivity contribution in [2.45, 2.75) is 31.2 Å². The second-order valence-electron chi connectivity index (χ2n) is 6.94. The molecule has 25 heavy (non-hydrogen) atoms. The molecule has 0 aliphatic carbocycles. The quantitative estimate of drug-likeness (QED) is 0.805. The summed E-state index contributed by atoms with van der Waals surface area (Å²) in [5, 5.41) is 0.594. The van der Waals surface area contributed by atoms with Gasteiger partial charge in [-0.2, -0.15) is 4.31 Å². The van der Waals surface area contributed by atoms with E-state index in [2.05, 4.69) is 0 Å². The number of hydrogen-bond donors (Lipinski definition) is 0. The molecule has 1 aliphatic heterocycles. The maximum Gasteiger partial charge on any atom is 0.218 e. The van der Waals surface area contributed by atoms with Gasteiger partial charge < -0.3 is 4.74 Å². The number of halogens is 1. The lowest BCUT2D eigenvalue weighted by molar-refractivity contribution is -0.0655. The van der Waals surface area contributed by atoms with Crippen LogP contribution in [0.1, 0.15) is 31.1 Å². The second kappa shape index (κ2) is 7.08. The Morgan fingerprint density at radius 2 is 1.76 bits per heavy atom. The Morgan fingerprint density at radius 1 is 1.12 bits per heavy atom. The van der Waals surface area contributed by atoms with E-state index >= 15 is 0 Å². The highest BCUT2D eigenvalue weighted by Crippen LogP contribution is 2.33. The first kappa shape index (κ1) is 18.4. The summed E-state index contributed by atoms with van der Waals surface area (Å²) in [5.41, 5.74) is 1.13. The van der Waals surface area contributed by atoms with Crippen molar-refractivity contribution >= 4 is 21.6 Å². The van der Waals surface area contributed by atoms with E-state index < -0.39 is 15.6 Å². The summed E-state index contributed by atoms with van der Waals surface area (Å²) in [6, 6.07) is 16.7. The molecule has 1 heterocycles. The van der Waals surface area contributed by atoms with Crippen LogP contribution in [0.4, 0.5) is 0 Å². The third kappa shape index (κ3) is 4.23. The summed E-state index contributed by atoms with van der Waals surface area (Å²) in [7, 11) is -3.49. The normalized spacial score (nSPS) is 21.2. The average Bonchev–Trinajstić information content (AvgIpc) is 2.57. The molecule has 0 bridgehead atoms. The van der Waals surface area contributed by atoms with E-state index in [0.717, 1.165) is 11.1 Å². The summed E-state index contributed by atoms with van der Waals surface area (Å²) in [6.07, 6.45) is -0.255. The number of benzene rings is 2. The van der Waals surface area contributed by atoms with E-state index in [1.807, 2.05) is 44.2 Å². The highest BCUT2D eigenvalue weighted by Gasteiger charge is 2.42. The van der Waals surface area contributed by atoms with Gasteiger partial charge in [-0.15, -0.1) is 0 Å². The van der Waals surface area contributed by atoms with Crippen molar-refractivity contribution in [1.29, 1.82) is 0 Å². The summed E-state index contributed by atoms with van der Waals surface area (Å²) in [6.45, 7) is 4.46. The number of morpholine rings is 1. The average molecular weight is 380 g/mol. The molecular weight excluding hydrogens is 358 g/mol. The van der Waals surface area contributed by atoms with Crippen LogP contribution in [0.15, 0.2) is 54.6 Å². The summed E-state index contributed by atoms with van der Waals surface area (Å²) in [4.78, 5) is 0. The molecular formula is C19H22ClNO3S. The van der Waals surface area contributed by atoms with E-state index in [4.69, 9.17) is 16.3 Å². The van der Waals surface area contributed by atoms with Crippen LogP contribution >= 0.6 is 11.6 Å². The Hall–Kier alpha value is -1.40. The van der Waals surface area contributed by atoms with Gasteiger partial charge in [-0.1, -0.05) is 54.1 Å². The molecule has 2 aromatic carbocycles. The summed E-state index contributed by atoms with van der Waals surface area (Å²) < 4.78 is 33.7. The van der Waals surface area contributed by atoms with Crippen molar-refractivity contribution in [3.05, 3.63) is 70.7 Å². The molecule has 2 aromatic rings. The first-order chi connectivity index (χ1) is 11.8. The monoisotopic (exact) mass is 379 g/mol. The van der Waals surface area contributed by atoms with Crippen molar-refractivity contribution in [1.82, 2.24) is 4.31 Å². The Labute approximate surface area is 154 Å². The largest absolute Gasteiger partial charge is 0.370 e. The maximum absolute atomic E-state index is 13.1. The van der Waals surface area contributed by atoms with Gasteiger partial charge in [0.05, 0.1) is 24.0 Å². The highest BCUT2D eigenvalue weighted by molar-refractivity contribution is 7.88. The number of sulfonamides is 1. The number of nitrogens with zero attached hydrogens (tertiary/aromatic N) is 1. The zero-order valence-electron chi connectivity index (χ0n) is 14.4. The van der Waals surface area contributed by atoms with Crippen LogP contribution in [-0.4, -0.2) is 31.4 Å². The van der Waals surface area contributed by atoms with Gasteiger partial charge in [0.1, 0.15) is 0 Å². The smallest absolute Gasteiger partial charge is 0.218 e. The molecule has 1 aliphatic rings. The molecule has 1 atom stereocenters. The first-order valence-corrected chi connectivity index (χ1v) is 10.2. The molecule has 134 valence electrons. The van der Waals surface area contributed by atoms with Crippen LogP contribution in [0.25, 0.3) is 0 Å². The zero-order valence-corrected chi connectivity index (χ0v) is 15.9. The van der Waals surface area contributed by atoms with Gasteiger partial charge in [-0.05, 0) is 37.1 Å². The number of ether oxygens (including phenoxy) is 1. The first-order valence-electron chi connectivity index (χ1n) is 8.19. The van der Waals surface area contributed by atoms with Crippen LogP contribution in [0.2, 0.25) is 5.02 Å². The van der Waals surface area contributed by atoms with Gasteiger partial charge in [0.15, 0.2) is 0 Å². The predicted octanol–water partition coefficient (Wildman–Crippen LogP) is 4.02. The number of rotatable bonds is 4. The van der Waals surface area contributed by atoms with Gasteiger partial charge in [0.25, 0.3) is 0 Å². The zero-order chi connectivity index (χ0) is 18.1. The fourth-order valence-corrected chi connectivity index (χ4v) is 5.12. The Morgan fingerprint density at radius 3 is 2.40 bits per heavy atom. The van der Waals surface area contributed by atoms with E-state index in [0.29, 0.717) is 18.2 Å². The van der Waals surface area contributed by atoms with Crippen LogP contribution < -0.4 is 0 Å². The van der Waals surface area contributed by atoms with E-state index in [-0.39, 0.29) is 11.9 Å². The number of hydrogen-bond acceptors (Lipinski definition) is 3. The lowest BCUT2D eigenvalue weighted by Crippen LogP contribution is -2.56. The minimum Gasteiger partial charge on any atom is -0.370 e. The van der Waals surface area contributed by atoms with E-state index in [1.165, 1.54) is 0 Å². The van der Waals surface area contributed by atoms with Gasteiger partial charge >= 0.3 is 0 Å². The van der Waals surface area contributed by atoms with Crippen LogP contribution in [0, 0.1) is 0 Å². The fourth-order valence-electron chi connectivity index (χ4n) is 3.06. The molecule has 0 aromatic heterocycles. The maximum atomic E-state index is 13.1. The standard InChI is InChI=1S/C19H22ClNO3S/c1-19(2)14-24-18(16-6-4-3-5-7-16)12-21(19)25(22,23)13-15-8-10-17(20)11-9-15/h3-11,18H,12-14H2,1-2H3. The van der Waals surface area contributed by atoms with Gasteiger partial charge in [0.2, 0.25) is 10.0 Å². The molecule has 0 saturated carbocycles. The Kier molecular flexibility index (Phi) is 5.21. The summed E-state index contributed by atoms with van der Waals surface area (Å²) >= 11 is 5.89. The molecule has 1 unspecified atom stereocenters. The molecule has 1 fully saturated rings. The Bertz CT molecular complexity index is 820. The third-order valence-corrected chi connectivity index (χ3v) is 6.68. The molecule has 1 saturated heterocycles. The highest BCUT2D eigenvalue weighted by atomic mass is 35.5. The SMILES string of the molecule is CC1(C)COC(c2ccccc2)CN1S(=O)(=O)Cc1ccc(Cl)cc1. The summed E-state index contributed by atoms with van der Waals surface area (Å²) in [5.74, 6) is -0.0465. The fraction of sp³-hybridized carbons (Fsp3) is 0.368. The molecule has 6 heteroatoms. The van der Waals surface area contributed by atoms with Crippen molar-refractivity contribution in [2.75, 3.05) is 13.2 Å². The minimum absolute atomic E-state index is 0.0465. The van der Waals surface area contributed by atoms with Gasteiger partial charge in [-0.25, -0.2) is 8.42 Å². The molecule has 0 N–H and O–H groups in total. The topological polar surface area (TPSA) is 46.6 Å². The lowest BCUT2D eigenvalue weighted by atomic mass is 10.0. The minimum atomic E-state index is -3.49. The Balaban J connectivity index is 1.84. The van der Waals surface area contributed by atoms with Crippen LogP contribution in [-0.2, 0) is 20.5 Å². The van der Waals surface area contributed by atoms with Crippen molar-refractivity contribution in [3.8, 4) is 0 Å². The van der Waals surface area contributed by atoms with Gasteiger partial charge in [-0.3, -0.25) is 0 Å². The van der Waals surface area contributed by atoms with Crippen molar-refractivity contribution in [3.63, 3.8) is 0 Å². The molecule has 4 nitrogen and oxygen atoms in total. The van der Waals surface area contributed by atoms with Crippen molar-refractivity contribution < 1.29 is 13.2 Å². The van der Waals surface area contributed by atoms with Gasteiger partial charge in [0, 0.05) is 11.6 Å².